The molecule has 6 heterocycles. The third-order valence-electron chi connectivity index (χ3n) is 25.0. The van der Waals surface area contributed by atoms with Crippen LogP contribution < -0.4 is 9.80 Å². The van der Waals surface area contributed by atoms with Crippen molar-refractivity contribution in [1.82, 2.24) is 19.6 Å². The Labute approximate surface area is 711 Å². The van der Waals surface area contributed by atoms with Gasteiger partial charge in [-0.15, -0.1) is 0 Å². The molecule has 18 rings (SSSR count). The number of carbonyl (C=O) groups is 12. The number of anilines is 2. The Balaban J connectivity index is 0.000000131. The van der Waals surface area contributed by atoms with Crippen LogP contribution in [0.5, 0.6) is 0 Å². The van der Waals surface area contributed by atoms with Crippen molar-refractivity contribution in [2.24, 2.45) is 0 Å². The van der Waals surface area contributed by atoms with Gasteiger partial charge in [-0.05, 0) is 229 Å². The van der Waals surface area contributed by atoms with Crippen molar-refractivity contribution in [2.75, 3.05) is 9.80 Å². The van der Waals surface area contributed by atoms with E-state index in [0.717, 1.165) is 151 Å². The van der Waals surface area contributed by atoms with Gasteiger partial charge in [-0.3, -0.25) is 77.1 Å². The van der Waals surface area contributed by atoms with Gasteiger partial charge in [0.15, 0.2) is 0 Å². The van der Waals surface area contributed by atoms with Gasteiger partial charge >= 0.3 is 0 Å². The number of imide groups is 6. The van der Waals surface area contributed by atoms with Crippen LogP contribution in [-0.2, 0) is 0 Å². The Morgan fingerprint density at radius 1 is 0.246 bits per heavy atom. The van der Waals surface area contributed by atoms with Gasteiger partial charge < -0.3 is 0 Å². The van der Waals surface area contributed by atoms with Gasteiger partial charge in [0.1, 0.15) is 0 Å². The van der Waals surface area contributed by atoms with Gasteiger partial charge in [-0.25, -0.2) is 9.80 Å². The number of carbonyl (C=O) groups excluding carboxylic acids is 12. The molecule has 4 saturated carbocycles. The number of para-hydroxylation sites is 2. The highest BCUT2D eigenvalue weighted by Crippen LogP contribution is 2.53. The van der Waals surface area contributed by atoms with Crippen LogP contribution in [-0.4, -0.2) is 115 Å². The fourth-order valence-electron chi connectivity index (χ4n) is 19.6. The highest BCUT2D eigenvalue weighted by Gasteiger charge is 2.51. The summed E-state index contributed by atoms with van der Waals surface area (Å²) in [6.07, 6.45) is 18.8. The summed E-state index contributed by atoms with van der Waals surface area (Å²) in [5.41, 5.74) is 8.79. The molecule has 10 aliphatic rings. The maximum Gasteiger partial charge on any atom is 0.267 e. The van der Waals surface area contributed by atoms with Crippen LogP contribution >= 0.6 is 95.6 Å². The van der Waals surface area contributed by atoms with E-state index in [-0.39, 0.29) is 117 Å². The van der Waals surface area contributed by atoms with Crippen molar-refractivity contribution in [3.8, 4) is 0 Å². The van der Waals surface area contributed by atoms with E-state index in [9.17, 15) is 57.5 Å². The Morgan fingerprint density at radius 2 is 0.439 bits per heavy atom. The van der Waals surface area contributed by atoms with Crippen LogP contribution in [0.4, 0.5) is 11.4 Å². The number of nitrogens with zero attached hydrogens (tertiary/aromatic N) is 6. The molecule has 24 heteroatoms. The molecule has 0 saturated heterocycles. The molecule has 0 spiro atoms. The number of halogens is 6. The second-order valence-corrected chi connectivity index (χ2v) is 38.2. The maximum absolute atomic E-state index is 14.6. The van der Waals surface area contributed by atoms with E-state index in [4.69, 9.17) is 0 Å². The molecule has 4 aliphatic carbocycles. The van der Waals surface area contributed by atoms with Crippen molar-refractivity contribution >= 4 is 210 Å². The molecular formula is C90H84Br6N6O12. The minimum absolute atomic E-state index is 0.0450. The number of rotatable bonds is 10. The molecule has 0 aromatic heterocycles. The lowest BCUT2D eigenvalue weighted by atomic mass is 9.83. The molecular weight excluding hydrogens is 1840 g/mol. The Kier molecular flexibility index (Phi) is 21.7. The average molecular weight is 1920 g/mol. The summed E-state index contributed by atoms with van der Waals surface area (Å²) in [5, 5.41) is 2.35. The summed E-state index contributed by atoms with van der Waals surface area (Å²) in [5.74, 6) is -4.49. The molecule has 0 N–H and O–H groups in total. The third-order valence-corrected chi connectivity index (χ3v) is 28.8. The highest BCUT2D eigenvalue weighted by molar-refractivity contribution is 9.11. The van der Waals surface area contributed by atoms with Gasteiger partial charge in [-0.2, -0.15) is 0 Å². The number of hydrogen-bond donors (Lipinski definition) is 0. The summed E-state index contributed by atoms with van der Waals surface area (Å²) in [6.45, 7) is 16.3. The van der Waals surface area contributed by atoms with Crippen molar-refractivity contribution < 1.29 is 57.5 Å². The smallest absolute Gasteiger partial charge is 0.267 e. The van der Waals surface area contributed by atoms with Crippen LogP contribution in [0.25, 0.3) is 32.3 Å². The van der Waals surface area contributed by atoms with E-state index in [0.29, 0.717) is 115 Å². The molecule has 4 fully saturated rings. The summed E-state index contributed by atoms with van der Waals surface area (Å²) in [4.78, 5) is 176. The lowest BCUT2D eigenvalue weighted by molar-refractivity contribution is 0.0480. The fraction of sp³-hybridized carbons (Fsp3) is 0.400. The van der Waals surface area contributed by atoms with Crippen LogP contribution in [0.2, 0.25) is 0 Å². The Hall–Kier alpha value is -7.74. The highest BCUT2D eigenvalue weighted by atomic mass is 79.9. The first kappa shape index (κ1) is 80.1. The van der Waals surface area contributed by atoms with E-state index >= 15 is 0 Å². The van der Waals surface area contributed by atoms with Crippen LogP contribution in [0.15, 0.2) is 99.6 Å². The molecule has 8 aromatic rings. The molecule has 12 amide bonds. The normalized spacial score (nSPS) is 18.9. The molecule has 6 aliphatic heterocycles. The van der Waals surface area contributed by atoms with Crippen LogP contribution in [0.3, 0.4) is 0 Å². The van der Waals surface area contributed by atoms with Crippen LogP contribution in [0, 0.1) is 0 Å². The second kappa shape index (κ2) is 31.0. The first-order valence-electron chi connectivity index (χ1n) is 40.0. The molecule has 0 unspecified atom stereocenters. The van der Waals surface area contributed by atoms with Gasteiger partial charge in [0.2, 0.25) is 0 Å². The Morgan fingerprint density at radius 3 is 0.684 bits per heavy atom. The lowest BCUT2D eigenvalue weighted by Crippen LogP contribution is -2.50. The van der Waals surface area contributed by atoms with E-state index in [1.165, 1.54) is 29.4 Å². The molecule has 8 aromatic carbocycles. The Bertz CT molecular complexity index is 5380. The van der Waals surface area contributed by atoms with E-state index in [1.54, 1.807) is 36.4 Å². The molecule has 0 bridgehead atoms. The number of amides is 12. The molecule has 0 radical (unpaired) electrons. The first-order chi connectivity index (χ1) is 54.5. The number of hydrogen-bond acceptors (Lipinski definition) is 12. The molecule has 18 nitrogen and oxygen atoms in total. The van der Waals surface area contributed by atoms with E-state index in [1.807, 2.05) is 91.8 Å². The van der Waals surface area contributed by atoms with E-state index < -0.39 is 23.6 Å². The quantitative estimate of drug-likeness (QED) is 0.117. The SMILES string of the molecule is CC(C)c1cccc(C(C)C)c1N1C(=O)c2cc(Br)c3c4c(c(Br)cc(c24)C1=O)C(=O)N(c1c(C(C)C)cccc1C(C)C)C3=O.O=C1c2cc(Br)c3c4c(c(Br)cc(c24)C(=O)N1C1CCCCC1)C(=O)N(C1CCCCC1)C3=O.O=C1c2cc(Br)c3c4c(cc(Br)c(c24)C(=O)N1C1CCCCC1)C(=O)N(C1CCCCC1)C3=O. The molecule has 0 atom stereocenters. The molecule has 114 heavy (non-hydrogen) atoms. The van der Waals surface area contributed by atoms with Crippen molar-refractivity contribution in [2.45, 2.75) is 232 Å². The van der Waals surface area contributed by atoms with Crippen molar-refractivity contribution in [3.05, 3.63) is 189 Å². The summed E-state index contributed by atoms with van der Waals surface area (Å²) >= 11 is 21.5. The zero-order chi connectivity index (χ0) is 81.0. The average Bonchev–Trinajstić information content (AvgIpc) is 0.704. The first-order valence-corrected chi connectivity index (χ1v) is 44.7. The zero-order valence-electron chi connectivity index (χ0n) is 64.5. The van der Waals surface area contributed by atoms with Gasteiger partial charge in [0.25, 0.3) is 70.9 Å². The molecule has 588 valence electrons. The maximum atomic E-state index is 14.6. The summed E-state index contributed by atoms with van der Waals surface area (Å²) < 4.78 is 2.75. The fourth-order valence-corrected chi connectivity index (χ4v) is 23.2. The van der Waals surface area contributed by atoms with E-state index in [2.05, 4.69) is 95.6 Å². The van der Waals surface area contributed by atoms with Crippen molar-refractivity contribution in [1.29, 1.82) is 0 Å². The van der Waals surface area contributed by atoms with Gasteiger partial charge in [-0.1, -0.05) is 169 Å². The predicted octanol–water partition coefficient (Wildman–Crippen LogP) is 22.9. The second-order valence-electron chi connectivity index (χ2n) is 33.1. The van der Waals surface area contributed by atoms with Crippen LogP contribution in [0.1, 0.15) is 354 Å². The largest absolute Gasteiger partial charge is 0.271 e. The predicted molar refractivity (Wildman–Crippen MR) is 459 cm³/mol. The zero-order valence-corrected chi connectivity index (χ0v) is 74.1. The minimum atomic E-state index is -0.496. The third kappa shape index (κ3) is 12.7. The van der Waals surface area contributed by atoms with Gasteiger partial charge in [0, 0.05) is 106 Å². The summed E-state index contributed by atoms with van der Waals surface area (Å²) in [7, 11) is 0. The van der Waals surface area contributed by atoms with Crippen molar-refractivity contribution in [3.63, 3.8) is 0 Å². The van der Waals surface area contributed by atoms with Gasteiger partial charge in [0.05, 0.1) is 55.9 Å². The standard InChI is InChI=1S/C38H36Br2N2O4.2C26H24Br2N2O4/c1-17(2)21-11-9-12-22(18(3)4)33(21)41-35(43)25-15-27(39)30-32-29(25)26(36(41)44)16-28(40)31(32)38(46)42(37(30)45)34-23(19(5)6)13-10-14-24(34)20(7)8;27-17-12-16-20-19-15(23(31)29(25(33)21(17)19)13-7-3-1-4-8-13)11-18(28)22(20)26(34)30(24(16)32)14-9-5-2-6-10-14;27-17-11-15-19-16(24(32)29(23(15)31)13-7-3-1-4-8-13)12-18(28)21-22(19)20(17)25(33)30(26(21)34)14-9-5-2-6-10-14/h9-20H,1-8H3;2*11-14H,1-10H2. The summed E-state index contributed by atoms with van der Waals surface area (Å²) in [6, 6.07) is 21.2. The monoisotopic (exact) mass is 1910 g/mol. The lowest BCUT2D eigenvalue weighted by Gasteiger charge is -2.39. The topological polar surface area (TPSA) is 224 Å². The minimum Gasteiger partial charge on any atom is -0.271 e. The number of benzene rings is 8.